The lowest BCUT2D eigenvalue weighted by atomic mass is 10.1. The van der Waals surface area contributed by atoms with E-state index >= 15 is 0 Å². The minimum atomic E-state index is -3.55. The highest BCUT2D eigenvalue weighted by molar-refractivity contribution is 7.90. The van der Waals surface area contributed by atoms with Crippen molar-refractivity contribution in [2.45, 2.75) is 25.3 Å². The molecule has 2 aromatic rings. The van der Waals surface area contributed by atoms with Gasteiger partial charge in [-0.3, -0.25) is 4.79 Å². The quantitative estimate of drug-likeness (QED) is 0.759. The van der Waals surface area contributed by atoms with E-state index in [9.17, 15) is 18.0 Å². The van der Waals surface area contributed by atoms with Crippen LogP contribution < -0.4 is 10.2 Å². The molecule has 0 saturated carbocycles. The summed E-state index contributed by atoms with van der Waals surface area (Å²) in [4.78, 5) is 24.7. The minimum Gasteiger partial charge on any atom is -0.495 e. The smallest absolute Gasteiger partial charge is 0.343 e. The van der Waals surface area contributed by atoms with E-state index in [0.29, 0.717) is 12.1 Å². The van der Waals surface area contributed by atoms with Crippen molar-refractivity contribution >= 4 is 26.7 Å². The van der Waals surface area contributed by atoms with E-state index in [0.717, 1.165) is 6.26 Å². The Morgan fingerprint density at radius 1 is 1.25 bits per heavy atom. The number of ether oxygens (including phenoxy) is 2. The summed E-state index contributed by atoms with van der Waals surface area (Å²) in [6.07, 6.45) is 2.45. The average Bonchev–Trinajstić information content (AvgIpc) is 2.53. The fraction of sp³-hybridized carbons (Fsp3) is 0.375. The molecule has 24 heavy (non-hydrogen) atoms. The Labute approximate surface area is 139 Å². The van der Waals surface area contributed by atoms with Gasteiger partial charge in [-0.05, 0) is 19.9 Å². The topological polar surface area (TPSA) is 91.7 Å². The number of carbonyl (C=O) groups excluding carboxylic acids is 1. The van der Waals surface area contributed by atoms with Crippen molar-refractivity contribution in [3.63, 3.8) is 0 Å². The Morgan fingerprint density at radius 3 is 2.42 bits per heavy atom. The average molecular weight is 353 g/mol. The van der Waals surface area contributed by atoms with E-state index in [1.54, 1.807) is 11.5 Å². The first-order chi connectivity index (χ1) is 11.2. The van der Waals surface area contributed by atoms with Gasteiger partial charge in [0, 0.05) is 25.1 Å². The van der Waals surface area contributed by atoms with Crippen molar-refractivity contribution in [1.29, 1.82) is 0 Å². The number of hydrogen-bond acceptors (Lipinski definition) is 6. The highest BCUT2D eigenvalue weighted by Gasteiger charge is 2.21. The van der Waals surface area contributed by atoms with E-state index in [1.165, 1.54) is 25.4 Å². The van der Waals surface area contributed by atoms with Crippen LogP contribution in [0.4, 0.5) is 0 Å². The minimum absolute atomic E-state index is 0.0485. The normalized spacial score (nSPS) is 11.5. The highest BCUT2D eigenvalue weighted by atomic mass is 32.2. The van der Waals surface area contributed by atoms with E-state index in [-0.39, 0.29) is 28.2 Å². The first kappa shape index (κ1) is 18.0. The molecule has 0 aliphatic rings. The second-order valence-electron chi connectivity index (χ2n) is 5.17. The van der Waals surface area contributed by atoms with Crippen molar-refractivity contribution in [3.8, 4) is 5.75 Å². The van der Waals surface area contributed by atoms with Gasteiger partial charge in [0.1, 0.15) is 11.3 Å². The Kier molecular flexibility index (Phi) is 4.98. The number of aromatic nitrogens is 1. The molecule has 130 valence electrons. The third kappa shape index (κ3) is 3.14. The van der Waals surface area contributed by atoms with E-state index in [2.05, 4.69) is 0 Å². The maximum atomic E-state index is 12.7. The van der Waals surface area contributed by atoms with Crippen LogP contribution in [0.5, 0.6) is 5.75 Å². The summed E-state index contributed by atoms with van der Waals surface area (Å²) >= 11 is 0. The van der Waals surface area contributed by atoms with Crippen LogP contribution in [0.25, 0.3) is 10.9 Å². The van der Waals surface area contributed by atoms with Crippen LogP contribution >= 0.6 is 0 Å². The predicted octanol–water partition coefficient (Wildman–Crippen LogP) is 1.61. The lowest BCUT2D eigenvalue weighted by molar-refractivity contribution is 0.0524. The molecule has 0 atom stereocenters. The fourth-order valence-electron chi connectivity index (χ4n) is 2.45. The second-order valence-corrected chi connectivity index (χ2v) is 7.19. The predicted molar refractivity (Wildman–Crippen MR) is 89.5 cm³/mol. The zero-order valence-corrected chi connectivity index (χ0v) is 14.8. The van der Waals surface area contributed by atoms with Crippen LogP contribution in [0.15, 0.2) is 28.0 Å². The van der Waals surface area contributed by atoms with Crippen molar-refractivity contribution in [1.82, 2.24) is 4.57 Å². The van der Waals surface area contributed by atoms with Crippen LogP contribution in [0, 0.1) is 0 Å². The molecule has 8 heteroatoms. The van der Waals surface area contributed by atoms with Crippen molar-refractivity contribution < 1.29 is 22.7 Å². The van der Waals surface area contributed by atoms with Gasteiger partial charge in [0.25, 0.3) is 0 Å². The standard InChI is InChI=1S/C16H19NO6S/c1-5-17-9-12(16(19)23-6-2)15(18)11-7-10(24(4,20)21)8-13(22-3)14(11)17/h7-9H,5-6H2,1-4H3. The molecule has 0 aliphatic carbocycles. The molecular weight excluding hydrogens is 334 g/mol. The monoisotopic (exact) mass is 353 g/mol. The van der Waals surface area contributed by atoms with Gasteiger partial charge in [-0.15, -0.1) is 0 Å². The van der Waals surface area contributed by atoms with Crippen LogP contribution in [-0.2, 0) is 21.1 Å². The molecule has 0 radical (unpaired) electrons. The molecule has 1 aromatic carbocycles. The van der Waals surface area contributed by atoms with E-state index < -0.39 is 21.2 Å². The molecule has 0 amide bonds. The summed E-state index contributed by atoms with van der Waals surface area (Å²) in [5.41, 5.74) is -0.290. The van der Waals surface area contributed by atoms with Crippen molar-refractivity contribution in [3.05, 3.63) is 34.1 Å². The Bertz CT molecular complexity index is 959. The van der Waals surface area contributed by atoms with E-state index in [4.69, 9.17) is 9.47 Å². The molecule has 0 saturated heterocycles. The molecule has 0 N–H and O–H groups in total. The number of rotatable bonds is 5. The van der Waals surface area contributed by atoms with Crippen LogP contribution in [0.1, 0.15) is 24.2 Å². The molecule has 0 bridgehead atoms. The fourth-order valence-corrected chi connectivity index (χ4v) is 3.10. The van der Waals surface area contributed by atoms with Crippen LogP contribution in [0.3, 0.4) is 0 Å². The number of esters is 1. The summed E-state index contributed by atoms with van der Waals surface area (Å²) in [5.74, 6) is -0.488. The third-order valence-electron chi connectivity index (χ3n) is 3.59. The molecule has 2 rings (SSSR count). The maximum absolute atomic E-state index is 12.7. The number of sulfone groups is 1. The lowest BCUT2D eigenvalue weighted by Crippen LogP contribution is -2.21. The number of aryl methyl sites for hydroxylation is 1. The Hall–Kier alpha value is -2.35. The number of fused-ring (bicyclic) bond motifs is 1. The molecule has 0 fully saturated rings. The van der Waals surface area contributed by atoms with Gasteiger partial charge in [0.15, 0.2) is 9.84 Å². The number of carbonyl (C=O) groups is 1. The molecule has 0 spiro atoms. The third-order valence-corrected chi connectivity index (χ3v) is 4.69. The summed E-state index contributed by atoms with van der Waals surface area (Å²) < 4.78 is 35.6. The van der Waals surface area contributed by atoms with Gasteiger partial charge in [0.05, 0.1) is 29.5 Å². The van der Waals surface area contributed by atoms with Gasteiger partial charge in [-0.1, -0.05) is 0 Å². The van der Waals surface area contributed by atoms with Crippen LogP contribution in [-0.4, -0.2) is 38.9 Å². The van der Waals surface area contributed by atoms with Crippen molar-refractivity contribution in [2.75, 3.05) is 20.0 Å². The zero-order valence-electron chi connectivity index (χ0n) is 14.0. The molecular formula is C16H19NO6S. The number of hydrogen-bond donors (Lipinski definition) is 0. The Balaban J connectivity index is 2.97. The van der Waals surface area contributed by atoms with Gasteiger partial charge < -0.3 is 14.0 Å². The number of benzene rings is 1. The summed E-state index contributed by atoms with van der Waals surface area (Å²) in [7, 11) is -2.16. The van der Waals surface area contributed by atoms with Gasteiger partial charge >= 0.3 is 5.97 Å². The van der Waals surface area contributed by atoms with Gasteiger partial charge in [-0.2, -0.15) is 0 Å². The highest BCUT2D eigenvalue weighted by Crippen LogP contribution is 2.28. The summed E-state index contributed by atoms with van der Waals surface area (Å²) in [6, 6.07) is 2.64. The summed E-state index contributed by atoms with van der Waals surface area (Å²) in [6.45, 7) is 4.07. The number of nitrogens with zero attached hydrogens (tertiary/aromatic N) is 1. The van der Waals surface area contributed by atoms with E-state index in [1.807, 2.05) is 6.92 Å². The SMILES string of the molecule is CCOC(=O)c1cn(CC)c2c(OC)cc(S(C)(=O)=O)cc2c1=O. The first-order valence-electron chi connectivity index (χ1n) is 7.36. The van der Waals surface area contributed by atoms with Gasteiger partial charge in [0.2, 0.25) is 5.43 Å². The Morgan fingerprint density at radius 2 is 1.92 bits per heavy atom. The molecule has 0 aliphatic heterocycles. The first-order valence-corrected chi connectivity index (χ1v) is 9.26. The van der Waals surface area contributed by atoms with Crippen molar-refractivity contribution in [2.24, 2.45) is 0 Å². The van der Waals surface area contributed by atoms with Gasteiger partial charge in [-0.25, -0.2) is 13.2 Å². The molecule has 1 aromatic heterocycles. The number of pyridine rings is 1. The summed E-state index contributed by atoms with van der Waals surface area (Å²) in [5, 5.41) is 0.0992. The van der Waals surface area contributed by atoms with Crippen LogP contribution in [0.2, 0.25) is 0 Å². The molecule has 1 heterocycles. The molecule has 0 unspecified atom stereocenters. The largest absolute Gasteiger partial charge is 0.495 e. The number of methoxy groups -OCH3 is 1. The second kappa shape index (κ2) is 6.64. The lowest BCUT2D eigenvalue weighted by Gasteiger charge is -2.15. The maximum Gasteiger partial charge on any atom is 0.343 e. The molecule has 7 nitrogen and oxygen atoms in total. The zero-order chi connectivity index (χ0) is 18.1.